The number of cyclic esters (lactones) is 2. The Morgan fingerprint density at radius 3 is 2.41 bits per heavy atom. The van der Waals surface area contributed by atoms with Gasteiger partial charge in [-0.3, -0.25) is 14.4 Å². The molecule has 3 saturated heterocycles. The molecule has 0 aromatic carbocycles. The Labute approximate surface area is 215 Å². The summed E-state index contributed by atoms with van der Waals surface area (Å²) in [6.45, 7) is 11.0. The van der Waals surface area contributed by atoms with Crippen LogP contribution in [0.1, 0.15) is 78.9 Å². The molecule has 37 heavy (non-hydrogen) atoms. The zero-order valence-electron chi connectivity index (χ0n) is 22.1. The summed E-state index contributed by atoms with van der Waals surface area (Å²) >= 11 is 0. The van der Waals surface area contributed by atoms with Gasteiger partial charge in [0.1, 0.15) is 29.2 Å². The van der Waals surface area contributed by atoms with Crippen LogP contribution >= 0.6 is 0 Å². The minimum absolute atomic E-state index is 0.0263. The fraction of sp³-hybridized carbons (Fsp3) is 0.714. The van der Waals surface area contributed by atoms with Gasteiger partial charge in [-0.05, 0) is 45.6 Å². The van der Waals surface area contributed by atoms with E-state index in [-0.39, 0.29) is 30.5 Å². The van der Waals surface area contributed by atoms with E-state index in [1.54, 1.807) is 12.3 Å². The van der Waals surface area contributed by atoms with Crippen LogP contribution in [0.3, 0.4) is 0 Å². The van der Waals surface area contributed by atoms with Gasteiger partial charge < -0.3 is 23.4 Å². The molecule has 1 aromatic rings. The molecule has 3 aliphatic heterocycles. The Balaban J connectivity index is 1.54. The minimum atomic E-state index is -1.09. The summed E-state index contributed by atoms with van der Waals surface area (Å²) in [6.07, 6.45) is 2.06. The number of ketones is 1. The van der Waals surface area contributed by atoms with E-state index >= 15 is 0 Å². The maximum Gasteiger partial charge on any atom is 0.339 e. The largest absolute Gasteiger partial charge is 0.472 e. The Kier molecular flexibility index (Phi) is 4.82. The maximum atomic E-state index is 14.4. The van der Waals surface area contributed by atoms with Gasteiger partial charge in [0.2, 0.25) is 0 Å². The molecule has 0 radical (unpaired) electrons. The summed E-state index contributed by atoms with van der Waals surface area (Å²) in [5, 5.41) is 0. The first-order valence-corrected chi connectivity index (χ1v) is 13.1. The number of fused-ring (bicyclic) bond motifs is 3. The first-order chi connectivity index (χ1) is 17.2. The van der Waals surface area contributed by atoms with E-state index in [4.69, 9.17) is 23.4 Å². The van der Waals surface area contributed by atoms with Gasteiger partial charge in [-0.2, -0.15) is 0 Å². The van der Waals surface area contributed by atoms with Crippen molar-refractivity contribution in [3.8, 4) is 0 Å². The number of ether oxygens (including phenoxy) is 4. The van der Waals surface area contributed by atoms with E-state index in [0.29, 0.717) is 12.8 Å². The van der Waals surface area contributed by atoms with Crippen molar-refractivity contribution < 1.29 is 42.5 Å². The molecule has 5 aliphatic rings. The van der Waals surface area contributed by atoms with Crippen molar-refractivity contribution in [2.45, 2.75) is 96.7 Å². The monoisotopic (exact) mass is 514 g/mol. The second kappa shape index (κ2) is 7.24. The van der Waals surface area contributed by atoms with Crippen molar-refractivity contribution in [1.82, 2.24) is 0 Å². The van der Waals surface area contributed by atoms with E-state index in [1.165, 1.54) is 13.2 Å². The lowest BCUT2D eigenvalue weighted by molar-refractivity contribution is -0.234. The predicted octanol–water partition coefficient (Wildman–Crippen LogP) is 3.69. The van der Waals surface area contributed by atoms with Crippen molar-refractivity contribution in [2.24, 2.45) is 28.1 Å². The zero-order valence-corrected chi connectivity index (χ0v) is 22.1. The molecule has 4 heterocycles. The van der Waals surface area contributed by atoms with Gasteiger partial charge in [0.25, 0.3) is 0 Å². The summed E-state index contributed by atoms with van der Waals surface area (Å²) in [6, 6.07) is 1.78. The number of carbonyl (C=O) groups is 4. The topological polar surface area (TPSA) is 122 Å². The Bertz CT molecular complexity index is 1200. The number of hydrogen-bond donors (Lipinski definition) is 0. The molecular formula is C28H34O9. The smallest absolute Gasteiger partial charge is 0.339 e. The summed E-state index contributed by atoms with van der Waals surface area (Å²) in [4.78, 5) is 52.7. The molecule has 0 unspecified atom stereocenters. The molecule has 2 aliphatic carbocycles. The van der Waals surface area contributed by atoms with E-state index < -0.39 is 63.7 Å². The van der Waals surface area contributed by atoms with Gasteiger partial charge in [0.15, 0.2) is 6.10 Å². The second-order valence-electron chi connectivity index (χ2n) is 12.7. The van der Waals surface area contributed by atoms with E-state index in [1.807, 2.05) is 34.6 Å². The lowest BCUT2D eigenvalue weighted by Crippen LogP contribution is -2.72. The molecule has 0 N–H and O–H groups in total. The first kappa shape index (κ1) is 24.6. The number of furan rings is 1. The van der Waals surface area contributed by atoms with Crippen molar-refractivity contribution in [2.75, 3.05) is 0 Å². The molecule has 200 valence electrons. The molecular weight excluding hydrogens is 480 g/mol. The number of epoxide rings is 1. The number of Topliss-reactive ketones (excluding diaryl/α,β-unsaturated/α-hetero) is 1. The molecule has 2 saturated carbocycles. The molecule has 9 atom stereocenters. The van der Waals surface area contributed by atoms with Crippen LogP contribution in [0.4, 0.5) is 0 Å². The Hall–Kier alpha value is -2.68. The molecule has 0 bridgehead atoms. The highest BCUT2D eigenvalue weighted by Crippen LogP contribution is 2.78. The zero-order chi connectivity index (χ0) is 26.8. The molecule has 0 amide bonds. The van der Waals surface area contributed by atoms with Crippen molar-refractivity contribution in [1.29, 1.82) is 0 Å². The third-order valence-electron chi connectivity index (χ3n) is 10.8. The van der Waals surface area contributed by atoms with Crippen LogP contribution in [0, 0.1) is 28.1 Å². The number of esters is 3. The highest BCUT2D eigenvalue weighted by Gasteiger charge is 2.88. The highest BCUT2D eigenvalue weighted by molar-refractivity contribution is 5.93. The highest BCUT2D eigenvalue weighted by atomic mass is 16.7. The van der Waals surface area contributed by atoms with Crippen molar-refractivity contribution in [3.63, 3.8) is 0 Å². The summed E-state index contributed by atoms with van der Waals surface area (Å²) in [5.74, 6) is -2.18. The maximum absolute atomic E-state index is 14.4. The number of carbonyl (C=O) groups excluding carboxylic acids is 4. The minimum Gasteiger partial charge on any atom is -0.472 e. The van der Waals surface area contributed by atoms with Crippen molar-refractivity contribution >= 4 is 23.7 Å². The molecule has 9 nitrogen and oxygen atoms in total. The van der Waals surface area contributed by atoms with Crippen molar-refractivity contribution in [3.05, 3.63) is 24.2 Å². The van der Waals surface area contributed by atoms with Gasteiger partial charge in [0.05, 0.1) is 24.4 Å². The van der Waals surface area contributed by atoms with Gasteiger partial charge in [-0.15, -0.1) is 0 Å². The Morgan fingerprint density at radius 2 is 1.76 bits per heavy atom. The van der Waals surface area contributed by atoms with E-state index in [9.17, 15) is 19.2 Å². The lowest BCUT2D eigenvalue weighted by Gasteiger charge is -2.66. The standard InChI is InChI=1S/C28H34O9/c1-14(29)34-19-12-20(31)36-24(2,3)17-11-18(30)27(6)16(26(17,19)5)7-9-25(4)21(15-8-10-33-13-15)35-23(32)22-28(25,27)37-22/h8,10,13,16-17,19,21-22H,7,9,11-12H2,1-6H3/t16-,17-,19+,21+,22-,25-,26-,27+,28-/m0/s1. The van der Waals surface area contributed by atoms with Gasteiger partial charge in [-0.25, -0.2) is 4.79 Å². The quantitative estimate of drug-likeness (QED) is 0.330. The second-order valence-corrected chi connectivity index (χ2v) is 12.7. The average molecular weight is 515 g/mol. The third kappa shape index (κ3) is 2.79. The molecule has 1 spiro atoms. The van der Waals surface area contributed by atoms with Crippen LogP contribution in [-0.4, -0.2) is 47.1 Å². The SMILES string of the molecule is CC(=O)O[C@@H]1CC(=O)OC(C)(C)[C@@H]2CC(=O)[C@@]3(C)[C@@H](CC[C@@]4(C)[C@@H](c5ccoc5)OC(=O)[C@@H]5O[C@@]543)[C@]12C. The van der Waals surface area contributed by atoms with Crippen LogP contribution in [0.15, 0.2) is 23.0 Å². The molecule has 6 rings (SSSR count). The summed E-state index contributed by atoms with van der Waals surface area (Å²) in [7, 11) is 0. The number of hydrogen-bond acceptors (Lipinski definition) is 9. The molecule has 1 aromatic heterocycles. The fourth-order valence-electron chi connectivity index (χ4n) is 9.24. The van der Waals surface area contributed by atoms with Crippen LogP contribution in [0.2, 0.25) is 0 Å². The van der Waals surface area contributed by atoms with E-state index in [0.717, 1.165) is 5.56 Å². The summed E-state index contributed by atoms with van der Waals surface area (Å²) in [5.41, 5.74) is -3.88. The van der Waals surface area contributed by atoms with Gasteiger partial charge in [0, 0.05) is 35.7 Å². The van der Waals surface area contributed by atoms with Crippen LogP contribution in [-0.2, 0) is 38.1 Å². The van der Waals surface area contributed by atoms with Gasteiger partial charge >= 0.3 is 17.9 Å². The fourth-order valence-corrected chi connectivity index (χ4v) is 9.24. The third-order valence-corrected chi connectivity index (χ3v) is 10.8. The number of rotatable bonds is 2. The van der Waals surface area contributed by atoms with E-state index in [2.05, 4.69) is 0 Å². The summed E-state index contributed by atoms with van der Waals surface area (Å²) < 4.78 is 29.3. The average Bonchev–Trinajstić information content (AvgIpc) is 3.38. The first-order valence-electron chi connectivity index (χ1n) is 13.1. The normalized spacial score (nSPS) is 47.7. The molecule has 9 heteroatoms. The lowest BCUT2D eigenvalue weighted by atomic mass is 9.37. The Morgan fingerprint density at radius 1 is 1.03 bits per heavy atom. The van der Waals surface area contributed by atoms with Crippen LogP contribution in [0.5, 0.6) is 0 Å². The molecule has 5 fully saturated rings. The van der Waals surface area contributed by atoms with Gasteiger partial charge in [-0.1, -0.05) is 13.8 Å². The predicted molar refractivity (Wildman–Crippen MR) is 126 cm³/mol. The van der Waals surface area contributed by atoms with Crippen LogP contribution < -0.4 is 0 Å². The van der Waals surface area contributed by atoms with Crippen LogP contribution in [0.25, 0.3) is 0 Å².